The highest BCUT2D eigenvalue weighted by Gasteiger charge is 2.40. The van der Waals surface area contributed by atoms with E-state index in [1.165, 1.54) is 11.8 Å². The summed E-state index contributed by atoms with van der Waals surface area (Å²) >= 11 is 0. The average Bonchev–Trinajstić information content (AvgIpc) is 3.16. The highest BCUT2D eigenvalue weighted by molar-refractivity contribution is 5.95. The third-order valence-electron chi connectivity index (χ3n) is 5.15. The van der Waals surface area contributed by atoms with Gasteiger partial charge < -0.3 is 37.2 Å². The maximum absolute atomic E-state index is 13.0. The number of nitrogens with two attached hydrogens (primary N) is 2. The monoisotopic (exact) mass is 443 g/mol. The molecule has 1 heterocycles. The molecule has 0 aromatic carbocycles. The van der Waals surface area contributed by atoms with E-state index in [4.69, 9.17) is 11.5 Å². The molecule has 5 atom stereocenters. The van der Waals surface area contributed by atoms with Crippen LogP contribution in [0.2, 0.25) is 0 Å². The van der Waals surface area contributed by atoms with Crippen molar-refractivity contribution >= 4 is 29.6 Å². The Labute approximate surface area is 180 Å². The number of likely N-dealkylation sites (tertiary alicyclic amines) is 1. The first-order chi connectivity index (χ1) is 14.4. The molecule has 1 saturated heterocycles. The van der Waals surface area contributed by atoms with E-state index >= 15 is 0 Å². The maximum Gasteiger partial charge on any atom is 0.326 e. The summed E-state index contributed by atoms with van der Waals surface area (Å²) in [6, 6.07) is -4.50. The second kappa shape index (κ2) is 11.6. The Balaban J connectivity index is 2.89. The van der Waals surface area contributed by atoms with Crippen LogP contribution in [0.3, 0.4) is 0 Å². The van der Waals surface area contributed by atoms with E-state index in [9.17, 15) is 34.2 Å². The molecule has 1 aliphatic rings. The van der Waals surface area contributed by atoms with E-state index in [1.807, 2.05) is 0 Å². The smallest absolute Gasteiger partial charge is 0.326 e. The first kappa shape index (κ1) is 26.3. The van der Waals surface area contributed by atoms with Crippen molar-refractivity contribution in [2.24, 2.45) is 17.4 Å². The molecule has 5 unspecified atom stereocenters. The molecule has 8 N–H and O–H groups in total. The molecule has 0 spiro atoms. The van der Waals surface area contributed by atoms with E-state index in [0.717, 1.165) is 0 Å². The van der Waals surface area contributed by atoms with Gasteiger partial charge in [0.05, 0.1) is 12.1 Å². The summed E-state index contributed by atoms with van der Waals surface area (Å²) in [5.74, 6) is -4.21. The molecule has 1 aliphatic heterocycles. The Kier molecular flexibility index (Phi) is 9.85. The molecule has 0 aromatic rings. The number of amides is 4. The van der Waals surface area contributed by atoms with Crippen molar-refractivity contribution in [1.29, 1.82) is 0 Å². The van der Waals surface area contributed by atoms with Crippen LogP contribution in [0.25, 0.3) is 0 Å². The van der Waals surface area contributed by atoms with E-state index in [1.54, 1.807) is 13.8 Å². The van der Waals surface area contributed by atoms with Crippen LogP contribution >= 0.6 is 0 Å². The Hall–Kier alpha value is -2.73. The molecule has 0 aliphatic carbocycles. The fraction of sp³-hybridized carbons (Fsp3) is 0.737. The number of aliphatic carboxylic acids is 1. The Morgan fingerprint density at radius 2 is 1.71 bits per heavy atom. The summed E-state index contributed by atoms with van der Waals surface area (Å²) in [4.78, 5) is 61.4. The fourth-order valence-corrected chi connectivity index (χ4v) is 3.32. The molecule has 31 heavy (non-hydrogen) atoms. The molecule has 1 fully saturated rings. The van der Waals surface area contributed by atoms with Gasteiger partial charge in [0.15, 0.2) is 0 Å². The first-order valence-electron chi connectivity index (χ1n) is 10.2. The van der Waals surface area contributed by atoms with Crippen molar-refractivity contribution in [3.63, 3.8) is 0 Å². The van der Waals surface area contributed by atoms with E-state index < -0.39 is 59.9 Å². The third kappa shape index (κ3) is 7.47. The van der Waals surface area contributed by atoms with Gasteiger partial charge in [-0.3, -0.25) is 19.2 Å². The molecule has 1 rings (SSSR count). The van der Waals surface area contributed by atoms with Gasteiger partial charge in [-0.2, -0.15) is 0 Å². The lowest BCUT2D eigenvalue weighted by Crippen LogP contribution is -2.59. The van der Waals surface area contributed by atoms with Crippen LogP contribution in [0.1, 0.15) is 46.5 Å². The van der Waals surface area contributed by atoms with Crippen LogP contribution in [0, 0.1) is 5.92 Å². The molecular weight excluding hydrogens is 410 g/mol. The van der Waals surface area contributed by atoms with Gasteiger partial charge in [0.25, 0.3) is 0 Å². The van der Waals surface area contributed by atoms with E-state index in [2.05, 4.69) is 10.6 Å². The summed E-state index contributed by atoms with van der Waals surface area (Å²) in [5, 5.41) is 24.2. The summed E-state index contributed by atoms with van der Waals surface area (Å²) in [5.41, 5.74) is 10.7. The third-order valence-corrected chi connectivity index (χ3v) is 5.15. The van der Waals surface area contributed by atoms with Gasteiger partial charge >= 0.3 is 5.97 Å². The second-order valence-electron chi connectivity index (χ2n) is 8.10. The lowest BCUT2D eigenvalue weighted by molar-refractivity contribution is -0.146. The predicted molar refractivity (Wildman–Crippen MR) is 109 cm³/mol. The zero-order valence-electron chi connectivity index (χ0n) is 18.0. The molecule has 176 valence electrons. The number of nitrogens with zero attached hydrogens (tertiary/aromatic N) is 1. The van der Waals surface area contributed by atoms with Crippen molar-refractivity contribution in [2.45, 2.75) is 76.7 Å². The van der Waals surface area contributed by atoms with Gasteiger partial charge in [0.1, 0.15) is 18.1 Å². The van der Waals surface area contributed by atoms with Gasteiger partial charge in [0.2, 0.25) is 23.6 Å². The number of carbonyl (C=O) groups is 5. The summed E-state index contributed by atoms with van der Waals surface area (Å²) in [6.07, 6.45) is -0.603. The van der Waals surface area contributed by atoms with Crippen LogP contribution in [0.15, 0.2) is 0 Å². The first-order valence-corrected chi connectivity index (χ1v) is 10.2. The SMILES string of the molecule is CC(C)C(NC(=O)C1CCCN1C(=O)C(NC(=O)C(N)CCC(N)=O)C(C)O)C(=O)O. The Morgan fingerprint density at radius 3 is 2.19 bits per heavy atom. The van der Waals surface area contributed by atoms with Crippen molar-refractivity contribution in [1.82, 2.24) is 15.5 Å². The van der Waals surface area contributed by atoms with Crippen molar-refractivity contribution in [2.75, 3.05) is 6.54 Å². The number of rotatable bonds is 11. The number of primary amides is 1. The molecule has 0 radical (unpaired) electrons. The standard InChI is InChI=1S/C19H33N5O7/c1-9(2)14(19(30)31)22-17(28)12-5-4-8-24(12)18(29)15(10(3)25)23-16(27)11(20)6-7-13(21)26/h9-12,14-15,25H,4-8,20H2,1-3H3,(H2,21,26)(H,22,28)(H,23,27)(H,30,31). The van der Waals surface area contributed by atoms with Gasteiger partial charge in [-0.1, -0.05) is 13.8 Å². The molecule has 0 aromatic heterocycles. The number of aliphatic hydroxyl groups excluding tert-OH is 1. The number of nitrogens with one attached hydrogen (secondary N) is 2. The number of hydrogen-bond donors (Lipinski definition) is 6. The van der Waals surface area contributed by atoms with Gasteiger partial charge in [-0.15, -0.1) is 0 Å². The number of aliphatic hydroxyl groups is 1. The van der Waals surface area contributed by atoms with E-state index in [0.29, 0.717) is 12.8 Å². The van der Waals surface area contributed by atoms with E-state index in [-0.39, 0.29) is 25.3 Å². The number of hydrogen-bond acceptors (Lipinski definition) is 7. The molecule has 12 heteroatoms. The minimum atomic E-state index is -1.36. The van der Waals surface area contributed by atoms with Crippen LogP contribution < -0.4 is 22.1 Å². The highest BCUT2D eigenvalue weighted by atomic mass is 16.4. The second-order valence-corrected chi connectivity index (χ2v) is 8.10. The largest absolute Gasteiger partial charge is 0.480 e. The number of carboxylic acids is 1. The highest BCUT2D eigenvalue weighted by Crippen LogP contribution is 2.20. The van der Waals surface area contributed by atoms with Crippen LogP contribution in [-0.4, -0.2) is 81.5 Å². The van der Waals surface area contributed by atoms with Crippen LogP contribution in [0.5, 0.6) is 0 Å². The molecule has 4 amide bonds. The zero-order chi connectivity index (χ0) is 23.9. The fourth-order valence-electron chi connectivity index (χ4n) is 3.32. The maximum atomic E-state index is 13.0. The quantitative estimate of drug-likeness (QED) is 0.203. The zero-order valence-corrected chi connectivity index (χ0v) is 18.0. The minimum absolute atomic E-state index is 0.0254. The van der Waals surface area contributed by atoms with Crippen LogP contribution in [-0.2, 0) is 24.0 Å². The molecular formula is C19H33N5O7. The number of carbonyl (C=O) groups excluding carboxylic acids is 4. The minimum Gasteiger partial charge on any atom is -0.480 e. The Bertz CT molecular complexity index is 697. The summed E-state index contributed by atoms with van der Waals surface area (Å²) in [7, 11) is 0. The normalized spacial score (nSPS) is 19.9. The van der Waals surface area contributed by atoms with Gasteiger partial charge in [-0.05, 0) is 32.1 Å². The lowest BCUT2D eigenvalue weighted by atomic mass is 10.0. The van der Waals surface area contributed by atoms with Crippen molar-refractivity contribution in [3.8, 4) is 0 Å². The predicted octanol–water partition coefficient (Wildman–Crippen LogP) is -2.34. The Morgan fingerprint density at radius 1 is 1.10 bits per heavy atom. The van der Waals surface area contributed by atoms with Gasteiger partial charge in [-0.25, -0.2) is 4.79 Å². The number of carboxylic acid groups (broad SMARTS) is 1. The lowest BCUT2D eigenvalue weighted by Gasteiger charge is -2.31. The molecule has 12 nitrogen and oxygen atoms in total. The topological polar surface area (TPSA) is 205 Å². The average molecular weight is 444 g/mol. The summed E-state index contributed by atoms with van der Waals surface area (Å²) < 4.78 is 0. The summed E-state index contributed by atoms with van der Waals surface area (Å²) in [6.45, 7) is 4.82. The molecule has 0 saturated carbocycles. The van der Waals surface area contributed by atoms with Crippen molar-refractivity contribution < 1.29 is 34.2 Å². The molecule has 0 bridgehead atoms. The van der Waals surface area contributed by atoms with Crippen molar-refractivity contribution in [3.05, 3.63) is 0 Å². The van der Waals surface area contributed by atoms with Crippen LogP contribution in [0.4, 0.5) is 0 Å². The van der Waals surface area contributed by atoms with Gasteiger partial charge in [0, 0.05) is 13.0 Å².